The molecule has 0 aliphatic carbocycles. The molecule has 3 nitrogen and oxygen atoms in total. The number of hydrogen-bond donors (Lipinski definition) is 0. The van der Waals surface area contributed by atoms with E-state index in [1.165, 1.54) is 45.3 Å². The lowest BCUT2D eigenvalue weighted by Crippen LogP contribution is -1.97. The molecule has 0 atom stereocenters. The minimum atomic E-state index is -0.291. The van der Waals surface area contributed by atoms with Gasteiger partial charge in [-0.3, -0.25) is 4.79 Å². The third kappa shape index (κ3) is 15.3. The van der Waals surface area contributed by atoms with E-state index in [0.29, 0.717) is 5.78 Å². The normalized spacial score (nSPS) is 11.0. The number of carbonyl (C=O) groups is 2. The van der Waals surface area contributed by atoms with Crippen LogP contribution in [-0.4, -0.2) is 18.9 Å². The van der Waals surface area contributed by atoms with Crippen molar-refractivity contribution in [2.24, 2.45) is 0 Å². The molecule has 0 amide bonds. The lowest BCUT2D eigenvalue weighted by Gasteiger charge is -2.02. The molecule has 0 rings (SSSR count). The second-order valence-corrected chi connectivity index (χ2v) is 5.93. The summed E-state index contributed by atoms with van der Waals surface area (Å²) in [7, 11) is 1.38. The molecule has 0 aromatic heterocycles. The Morgan fingerprint density at radius 3 is 1.95 bits per heavy atom. The average molecular weight is 310 g/mol. The minimum absolute atomic E-state index is 0.291. The molecule has 0 unspecified atom stereocenters. The second-order valence-electron chi connectivity index (χ2n) is 5.93. The zero-order chi connectivity index (χ0) is 16.5. The van der Waals surface area contributed by atoms with Crippen LogP contribution in [0.4, 0.5) is 0 Å². The zero-order valence-corrected chi connectivity index (χ0v) is 14.6. The quantitative estimate of drug-likeness (QED) is 0.232. The number of unbranched alkanes of at least 4 members (excludes halogenated alkanes) is 9. The Hall–Kier alpha value is -1.12. The topological polar surface area (TPSA) is 43.4 Å². The predicted molar refractivity (Wildman–Crippen MR) is 91.9 cm³/mol. The SMILES string of the molecule is CCCCCCCCC(=O)CCCCCCC=CC(=O)OC. The van der Waals surface area contributed by atoms with Crippen LogP contribution in [0.25, 0.3) is 0 Å². The van der Waals surface area contributed by atoms with Crippen LogP contribution >= 0.6 is 0 Å². The van der Waals surface area contributed by atoms with Crippen molar-refractivity contribution in [1.29, 1.82) is 0 Å². The Morgan fingerprint density at radius 2 is 1.36 bits per heavy atom. The summed E-state index contributed by atoms with van der Waals surface area (Å²) in [6, 6.07) is 0. The molecular weight excluding hydrogens is 276 g/mol. The first-order valence-corrected chi connectivity index (χ1v) is 8.97. The van der Waals surface area contributed by atoms with E-state index in [9.17, 15) is 9.59 Å². The van der Waals surface area contributed by atoms with Crippen LogP contribution in [0.5, 0.6) is 0 Å². The Kier molecular flexibility index (Phi) is 15.4. The predicted octanol–water partition coefficient (Wildman–Crippen LogP) is 5.38. The molecule has 0 saturated carbocycles. The summed E-state index contributed by atoms with van der Waals surface area (Å²) in [5.74, 6) is 0.140. The van der Waals surface area contributed by atoms with Crippen molar-refractivity contribution in [2.45, 2.75) is 90.4 Å². The molecule has 3 heteroatoms. The average Bonchev–Trinajstić information content (AvgIpc) is 2.52. The van der Waals surface area contributed by atoms with Crippen molar-refractivity contribution in [3.05, 3.63) is 12.2 Å². The first-order valence-electron chi connectivity index (χ1n) is 8.97. The van der Waals surface area contributed by atoms with E-state index in [0.717, 1.165) is 51.4 Å². The van der Waals surface area contributed by atoms with E-state index in [1.54, 1.807) is 0 Å². The van der Waals surface area contributed by atoms with E-state index >= 15 is 0 Å². The van der Waals surface area contributed by atoms with E-state index in [2.05, 4.69) is 11.7 Å². The number of Topliss-reactive ketones (excluding diaryl/α,β-unsaturated/α-hetero) is 1. The highest BCUT2D eigenvalue weighted by Crippen LogP contribution is 2.11. The minimum Gasteiger partial charge on any atom is -0.466 e. The zero-order valence-electron chi connectivity index (χ0n) is 14.6. The van der Waals surface area contributed by atoms with Gasteiger partial charge in [-0.2, -0.15) is 0 Å². The Labute approximate surface area is 136 Å². The Bertz CT molecular complexity index is 308. The van der Waals surface area contributed by atoms with Crippen molar-refractivity contribution in [3.63, 3.8) is 0 Å². The maximum absolute atomic E-state index is 11.7. The van der Waals surface area contributed by atoms with Gasteiger partial charge in [-0.1, -0.05) is 57.9 Å². The van der Waals surface area contributed by atoms with Crippen molar-refractivity contribution in [1.82, 2.24) is 0 Å². The van der Waals surface area contributed by atoms with Crippen LogP contribution < -0.4 is 0 Å². The summed E-state index contributed by atoms with van der Waals surface area (Å²) >= 11 is 0. The molecule has 22 heavy (non-hydrogen) atoms. The summed E-state index contributed by atoms with van der Waals surface area (Å²) in [6.07, 6.45) is 17.5. The van der Waals surface area contributed by atoms with Crippen molar-refractivity contribution >= 4 is 11.8 Å². The number of esters is 1. The molecule has 0 fully saturated rings. The van der Waals surface area contributed by atoms with Crippen LogP contribution in [-0.2, 0) is 14.3 Å². The molecule has 0 saturated heterocycles. The van der Waals surface area contributed by atoms with E-state index in [1.807, 2.05) is 6.08 Å². The van der Waals surface area contributed by atoms with Gasteiger partial charge in [0.15, 0.2) is 0 Å². The van der Waals surface area contributed by atoms with Gasteiger partial charge in [-0.05, 0) is 25.7 Å². The smallest absolute Gasteiger partial charge is 0.330 e. The van der Waals surface area contributed by atoms with Gasteiger partial charge in [0.05, 0.1) is 7.11 Å². The number of allylic oxidation sites excluding steroid dienone is 1. The van der Waals surface area contributed by atoms with Crippen molar-refractivity contribution in [2.75, 3.05) is 7.11 Å². The fourth-order valence-corrected chi connectivity index (χ4v) is 2.41. The highest BCUT2D eigenvalue weighted by Gasteiger charge is 2.01. The number of rotatable bonds is 15. The van der Waals surface area contributed by atoms with E-state index in [-0.39, 0.29) is 5.97 Å². The van der Waals surface area contributed by atoms with Gasteiger partial charge in [-0.25, -0.2) is 4.79 Å². The van der Waals surface area contributed by atoms with Crippen LogP contribution in [0, 0.1) is 0 Å². The molecule has 0 aliphatic rings. The first-order chi connectivity index (χ1) is 10.7. The lowest BCUT2D eigenvalue weighted by molar-refractivity contribution is -0.134. The maximum atomic E-state index is 11.7. The lowest BCUT2D eigenvalue weighted by atomic mass is 10.0. The molecule has 128 valence electrons. The van der Waals surface area contributed by atoms with Crippen LogP contribution in [0.1, 0.15) is 90.4 Å². The molecule has 0 aromatic carbocycles. The van der Waals surface area contributed by atoms with Gasteiger partial charge in [0.25, 0.3) is 0 Å². The third-order valence-corrected chi connectivity index (χ3v) is 3.84. The highest BCUT2D eigenvalue weighted by atomic mass is 16.5. The number of ether oxygens (including phenoxy) is 1. The summed E-state index contributed by atoms with van der Waals surface area (Å²) in [4.78, 5) is 22.5. The van der Waals surface area contributed by atoms with Crippen LogP contribution in [0.15, 0.2) is 12.2 Å². The van der Waals surface area contributed by atoms with Gasteiger partial charge < -0.3 is 4.74 Å². The fourth-order valence-electron chi connectivity index (χ4n) is 2.41. The van der Waals surface area contributed by atoms with Gasteiger partial charge >= 0.3 is 5.97 Å². The Balaban J connectivity index is 3.28. The van der Waals surface area contributed by atoms with E-state index < -0.39 is 0 Å². The second kappa shape index (κ2) is 16.3. The maximum Gasteiger partial charge on any atom is 0.330 e. The molecule has 0 N–H and O–H groups in total. The number of methoxy groups -OCH3 is 1. The van der Waals surface area contributed by atoms with E-state index in [4.69, 9.17) is 0 Å². The number of carbonyl (C=O) groups excluding carboxylic acids is 2. The molecule has 0 spiro atoms. The van der Waals surface area contributed by atoms with Crippen molar-refractivity contribution < 1.29 is 14.3 Å². The molecular formula is C19H34O3. The van der Waals surface area contributed by atoms with Crippen molar-refractivity contribution in [3.8, 4) is 0 Å². The first kappa shape index (κ1) is 20.9. The van der Waals surface area contributed by atoms with Crippen LogP contribution in [0.3, 0.4) is 0 Å². The molecule has 0 aromatic rings. The summed E-state index contributed by atoms with van der Waals surface area (Å²) in [6.45, 7) is 2.22. The highest BCUT2D eigenvalue weighted by molar-refractivity contribution is 5.81. The van der Waals surface area contributed by atoms with Crippen LogP contribution in [0.2, 0.25) is 0 Å². The largest absolute Gasteiger partial charge is 0.466 e. The van der Waals surface area contributed by atoms with Gasteiger partial charge in [-0.15, -0.1) is 0 Å². The molecule has 0 heterocycles. The van der Waals surface area contributed by atoms with Gasteiger partial charge in [0, 0.05) is 18.9 Å². The molecule has 0 bridgehead atoms. The fraction of sp³-hybridized carbons (Fsp3) is 0.789. The summed E-state index contributed by atoms with van der Waals surface area (Å²) in [5, 5.41) is 0. The molecule has 0 radical (unpaired) electrons. The van der Waals surface area contributed by atoms with Gasteiger partial charge in [0.1, 0.15) is 5.78 Å². The standard InChI is InChI=1S/C19H34O3/c1-3-4-5-6-9-12-15-18(20)16-13-10-7-8-11-14-17-19(21)22-2/h14,17H,3-13,15-16H2,1-2H3. The monoisotopic (exact) mass is 310 g/mol. The number of hydrogen-bond acceptors (Lipinski definition) is 3. The third-order valence-electron chi connectivity index (χ3n) is 3.84. The van der Waals surface area contributed by atoms with Gasteiger partial charge in [0.2, 0.25) is 0 Å². The summed E-state index contributed by atoms with van der Waals surface area (Å²) < 4.78 is 4.52. The molecule has 0 aliphatic heterocycles. The Morgan fingerprint density at radius 1 is 0.818 bits per heavy atom. The number of ketones is 1. The summed E-state index contributed by atoms with van der Waals surface area (Å²) in [5.41, 5.74) is 0.